The Labute approximate surface area is 126 Å². The SMILES string of the molecule is C[C@@H](NC(=O)c1ccncc1)c1nc(-c2cccnc2)n[nH]1. The second-order valence-corrected chi connectivity index (χ2v) is 4.72. The lowest BCUT2D eigenvalue weighted by Gasteiger charge is -2.10. The first-order valence-electron chi connectivity index (χ1n) is 6.77. The average molecular weight is 294 g/mol. The lowest BCUT2D eigenvalue weighted by atomic mass is 10.2. The number of carbonyl (C=O) groups excluding carboxylic acids is 1. The molecule has 0 radical (unpaired) electrons. The highest BCUT2D eigenvalue weighted by Crippen LogP contribution is 2.15. The maximum atomic E-state index is 12.1. The van der Waals surface area contributed by atoms with E-state index in [0.29, 0.717) is 17.2 Å². The number of hydrogen-bond donors (Lipinski definition) is 2. The molecule has 110 valence electrons. The molecule has 0 aliphatic heterocycles. The summed E-state index contributed by atoms with van der Waals surface area (Å²) in [7, 11) is 0. The van der Waals surface area contributed by atoms with E-state index in [1.165, 1.54) is 0 Å². The zero-order chi connectivity index (χ0) is 15.4. The van der Waals surface area contributed by atoms with Crippen LogP contribution >= 0.6 is 0 Å². The minimum absolute atomic E-state index is 0.186. The summed E-state index contributed by atoms with van der Waals surface area (Å²) in [5.41, 5.74) is 1.37. The van der Waals surface area contributed by atoms with E-state index in [9.17, 15) is 4.79 Å². The van der Waals surface area contributed by atoms with Crippen molar-refractivity contribution in [1.82, 2.24) is 30.5 Å². The van der Waals surface area contributed by atoms with E-state index >= 15 is 0 Å². The number of hydrogen-bond acceptors (Lipinski definition) is 5. The van der Waals surface area contributed by atoms with Crippen LogP contribution in [0.4, 0.5) is 0 Å². The van der Waals surface area contributed by atoms with Gasteiger partial charge < -0.3 is 5.32 Å². The van der Waals surface area contributed by atoms with Gasteiger partial charge >= 0.3 is 0 Å². The highest BCUT2D eigenvalue weighted by molar-refractivity contribution is 5.94. The Morgan fingerprint density at radius 2 is 2.00 bits per heavy atom. The number of nitrogens with one attached hydrogen (secondary N) is 2. The molecule has 7 nitrogen and oxygen atoms in total. The fourth-order valence-corrected chi connectivity index (χ4v) is 1.94. The number of aromatic amines is 1. The van der Waals surface area contributed by atoms with Crippen LogP contribution in [0.2, 0.25) is 0 Å². The highest BCUT2D eigenvalue weighted by Gasteiger charge is 2.15. The standard InChI is InChI=1S/C15H14N6O/c1-10(18-15(22)11-4-7-16-8-5-11)13-19-14(21-20-13)12-3-2-6-17-9-12/h2-10H,1H3,(H,18,22)(H,19,20,21)/t10-/m1/s1. The van der Waals surface area contributed by atoms with Crippen molar-refractivity contribution in [2.45, 2.75) is 13.0 Å². The first-order chi connectivity index (χ1) is 10.7. The summed E-state index contributed by atoms with van der Waals surface area (Å²) in [6.45, 7) is 1.84. The predicted octanol–water partition coefficient (Wildman–Crippen LogP) is 1.75. The van der Waals surface area contributed by atoms with E-state index in [0.717, 1.165) is 5.56 Å². The summed E-state index contributed by atoms with van der Waals surface area (Å²) in [5, 5.41) is 9.86. The minimum atomic E-state index is -0.293. The summed E-state index contributed by atoms with van der Waals surface area (Å²) < 4.78 is 0. The third kappa shape index (κ3) is 2.98. The summed E-state index contributed by atoms with van der Waals surface area (Å²) in [5.74, 6) is 0.948. The van der Waals surface area contributed by atoms with Gasteiger partial charge in [-0.2, -0.15) is 5.10 Å². The largest absolute Gasteiger partial charge is 0.342 e. The van der Waals surface area contributed by atoms with E-state index in [-0.39, 0.29) is 11.9 Å². The monoisotopic (exact) mass is 294 g/mol. The van der Waals surface area contributed by atoms with Gasteiger partial charge in [-0.3, -0.25) is 19.9 Å². The number of pyridine rings is 2. The Kier molecular flexibility index (Phi) is 3.86. The molecule has 0 aliphatic carbocycles. The molecule has 7 heteroatoms. The van der Waals surface area contributed by atoms with Crippen LogP contribution in [0.25, 0.3) is 11.4 Å². The van der Waals surface area contributed by atoms with Gasteiger partial charge in [-0.05, 0) is 31.2 Å². The van der Waals surface area contributed by atoms with Gasteiger partial charge in [0.15, 0.2) is 5.82 Å². The summed E-state index contributed by atoms with van der Waals surface area (Å²) >= 11 is 0. The van der Waals surface area contributed by atoms with Crippen LogP contribution in [0, 0.1) is 0 Å². The fourth-order valence-electron chi connectivity index (χ4n) is 1.94. The Morgan fingerprint density at radius 1 is 1.18 bits per heavy atom. The Morgan fingerprint density at radius 3 is 2.73 bits per heavy atom. The van der Waals surface area contributed by atoms with Crippen LogP contribution < -0.4 is 5.32 Å². The molecule has 0 saturated heterocycles. The molecule has 1 atom stereocenters. The number of nitrogens with zero attached hydrogens (tertiary/aromatic N) is 4. The van der Waals surface area contributed by atoms with Gasteiger partial charge in [0.25, 0.3) is 5.91 Å². The minimum Gasteiger partial charge on any atom is -0.342 e. The van der Waals surface area contributed by atoms with Crippen LogP contribution in [0.15, 0.2) is 49.1 Å². The Balaban J connectivity index is 1.72. The Hall–Kier alpha value is -3.09. The molecule has 0 saturated carbocycles. The molecule has 0 aliphatic rings. The molecule has 3 aromatic rings. The third-order valence-electron chi connectivity index (χ3n) is 3.12. The molecule has 1 amide bonds. The number of rotatable bonds is 4. The fraction of sp³-hybridized carbons (Fsp3) is 0.133. The van der Waals surface area contributed by atoms with Crippen LogP contribution in [0.5, 0.6) is 0 Å². The topological polar surface area (TPSA) is 96.5 Å². The molecule has 0 bridgehead atoms. The van der Waals surface area contributed by atoms with Crippen molar-refractivity contribution in [3.8, 4) is 11.4 Å². The number of H-pyrrole nitrogens is 1. The van der Waals surface area contributed by atoms with E-state index < -0.39 is 0 Å². The number of amides is 1. The normalized spacial score (nSPS) is 11.9. The molecule has 22 heavy (non-hydrogen) atoms. The van der Waals surface area contributed by atoms with E-state index in [1.807, 2.05) is 19.1 Å². The van der Waals surface area contributed by atoms with Crippen LogP contribution in [0.1, 0.15) is 29.1 Å². The van der Waals surface area contributed by atoms with E-state index in [2.05, 4.69) is 30.5 Å². The second kappa shape index (κ2) is 6.13. The molecular weight excluding hydrogens is 280 g/mol. The van der Waals surface area contributed by atoms with Gasteiger partial charge in [-0.1, -0.05) is 0 Å². The van der Waals surface area contributed by atoms with Crippen molar-refractivity contribution in [2.75, 3.05) is 0 Å². The molecule has 3 heterocycles. The smallest absolute Gasteiger partial charge is 0.251 e. The van der Waals surface area contributed by atoms with Crippen molar-refractivity contribution >= 4 is 5.91 Å². The van der Waals surface area contributed by atoms with Crippen molar-refractivity contribution in [3.05, 3.63) is 60.4 Å². The van der Waals surface area contributed by atoms with E-state index in [4.69, 9.17) is 0 Å². The lowest BCUT2D eigenvalue weighted by Crippen LogP contribution is -2.27. The summed E-state index contributed by atoms with van der Waals surface area (Å²) in [6, 6.07) is 6.71. The number of carbonyl (C=O) groups is 1. The van der Waals surface area contributed by atoms with Gasteiger partial charge in [-0.25, -0.2) is 4.98 Å². The first kappa shape index (κ1) is 13.9. The highest BCUT2D eigenvalue weighted by atomic mass is 16.1. The number of aromatic nitrogens is 5. The Bertz CT molecular complexity index is 756. The molecule has 0 aromatic carbocycles. The summed E-state index contributed by atoms with van der Waals surface area (Å²) in [4.78, 5) is 24.4. The first-order valence-corrected chi connectivity index (χ1v) is 6.77. The van der Waals surface area contributed by atoms with Gasteiger partial charge in [0.1, 0.15) is 5.82 Å². The zero-order valence-corrected chi connectivity index (χ0v) is 11.9. The van der Waals surface area contributed by atoms with Crippen LogP contribution in [-0.2, 0) is 0 Å². The van der Waals surface area contributed by atoms with Gasteiger partial charge in [0.2, 0.25) is 0 Å². The third-order valence-corrected chi connectivity index (χ3v) is 3.12. The second-order valence-electron chi connectivity index (χ2n) is 4.72. The maximum Gasteiger partial charge on any atom is 0.251 e. The molecule has 3 aromatic heterocycles. The maximum absolute atomic E-state index is 12.1. The van der Waals surface area contributed by atoms with Crippen molar-refractivity contribution in [2.24, 2.45) is 0 Å². The zero-order valence-electron chi connectivity index (χ0n) is 11.9. The molecular formula is C15H14N6O. The predicted molar refractivity (Wildman–Crippen MR) is 79.7 cm³/mol. The lowest BCUT2D eigenvalue weighted by molar-refractivity contribution is 0.0938. The van der Waals surface area contributed by atoms with Crippen molar-refractivity contribution in [1.29, 1.82) is 0 Å². The average Bonchev–Trinajstić information content (AvgIpc) is 3.06. The quantitative estimate of drug-likeness (QED) is 0.764. The van der Waals surface area contributed by atoms with Gasteiger partial charge in [0, 0.05) is 35.9 Å². The van der Waals surface area contributed by atoms with Crippen LogP contribution in [-0.4, -0.2) is 31.1 Å². The summed E-state index contributed by atoms with van der Waals surface area (Å²) in [6.07, 6.45) is 6.53. The van der Waals surface area contributed by atoms with Crippen molar-refractivity contribution in [3.63, 3.8) is 0 Å². The molecule has 2 N–H and O–H groups in total. The molecule has 0 spiro atoms. The van der Waals surface area contributed by atoms with Gasteiger partial charge in [-0.15, -0.1) is 0 Å². The molecule has 0 fully saturated rings. The van der Waals surface area contributed by atoms with E-state index in [1.54, 1.807) is 36.9 Å². The molecule has 3 rings (SSSR count). The molecule has 0 unspecified atom stereocenters. The van der Waals surface area contributed by atoms with Crippen molar-refractivity contribution < 1.29 is 4.79 Å². The van der Waals surface area contributed by atoms with Crippen LogP contribution in [0.3, 0.4) is 0 Å². The van der Waals surface area contributed by atoms with Gasteiger partial charge in [0.05, 0.1) is 6.04 Å².